The molecule has 1 spiro atoms. The average Bonchev–Trinajstić information content (AvgIpc) is 2.55. The summed E-state index contributed by atoms with van der Waals surface area (Å²) in [5.74, 6) is 0.657. The van der Waals surface area contributed by atoms with Crippen LogP contribution in [0.3, 0.4) is 0 Å². The molecule has 0 bridgehead atoms. The van der Waals surface area contributed by atoms with Crippen molar-refractivity contribution in [2.24, 2.45) is 5.41 Å². The number of hydrogen-bond acceptors (Lipinski definition) is 4. The Morgan fingerprint density at radius 3 is 2.78 bits per heavy atom. The van der Waals surface area contributed by atoms with E-state index in [2.05, 4.69) is 16.7 Å². The van der Waals surface area contributed by atoms with Crippen LogP contribution < -0.4 is 20.3 Å². The van der Waals surface area contributed by atoms with Gasteiger partial charge in [-0.1, -0.05) is 6.07 Å². The lowest BCUT2D eigenvalue weighted by molar-refractivity contribution is -0.120. The molecule has 0 aliphatic carbocycles. The molecule has 3 amide bonds. The summed E-state index contributed by atoms with van der Waals surface area (Å²) >= 11 is 0. The van der Waals surface area contributed by atoms with Crippen LogP contribution in [0.1, 0.15) is 24.8 Å². The van der Waals surface area contributed by atoms with E-state index in [-0.39, 0.29) is 17.4 Å². The molecule has 1 aromatic carbocycles. The fourth-order valence-corrected chi connectivity index (χ4v) is 3.77. The predicted octanol–water partition coefficient (Wildman–Crippen LogP) is 1.44. The second-order valence-electron chi connectivity index (χ2n) is 6.76. The number of amides is 3. The van der Waals surface area contributed by atoms with E-state index < -0.39 is 0 Å². The summed E-state index contributed by atoms with van der Waals surface area (Å²) in [5, 5.41) is 5.76. The Bertz CT molecular complexity index is 652. The SMILES string of the molecule is O=C1CCN(c2ccc3c(c2)OCC2(CCNCC2)C3)C(=O)N1. The number of rotatable bonds is 1. The molecule has 3 heterocycles. The van der Waals surface area contributed by atoms with Gasteiger partial charge in [0.05, 0.1) is 6.61 Å². The van der Waals surface area contributed by atoms with E-state index in [1.54, 1.807) is 4.90 Å². The highest BCUT2D eigenvalue weighted by molar-refractivity contribution is 6.05. The van der Waals surface area contributed by atoms with E-state index in [4.69, 9.17) is 4.74 Å². The number of imide groups is 1. The molecule has 6 nitrogen and oxygen atoms in total. The van der Waals surface area contributed by atoms with E-state index in [9.17, 15) is 9.59 Å². The molecule has 1 aromatic rings. The zero-order valence-electron chi connectivity index (χ0n) is 13.1. The van der Waals surface area contributed by atoms with Crippen LogP contribution in [-0.4, -0.2) is 38.2 Å². The highest BCUT2D eigenvalue weighted by Gasteiger charge is 2.37. The van der Waals surface area contributed by atoms with Crippen LogP contribution in [0.5, 0.6) is 5.75 Å². The van der Waals surface area contributed by atoms with Gasteiger partial charge in [-0.05, 0) is 44.0 Å². The van der Waals surface area contributed by atoms with Gasteiger partial charge in [-0.2, -0.15) is 0 Å². The van der Waals surface area contributed by atoms with Gasteiger partial charge in [0.1, 0.15) is 5.75 Å². The molecule has 23 heavy (non-hydrogen) atoms. The lowest BCUT2D eigenvalue weighted by atomic mass is 9.73. The van der Waals surface area contributed by atoms with Crippen LogP contribution in [0, 0.1) is 5.41 Å². The molecule has 2 saturated heterocycles. The minimum Gasteiger partial charge on any atom is -0.493 e. The quantitative estimate of drug-likeness (QED) is 0.823. The van der Waals surface area contributed by atoms with Crippen molar-refractivity contribution in [3.63, 3.8) is 0 Å². The van der Waals surface area contributed by atoms with Crippen molar-refractivity contribution in [3.05, 3.63) is 23.8 Å². The summed E-state index contributed by atoms with van der Waals surface area (Å²) in [6.45, 7) is 3.27. The minimum atomic E-state index is -0.355. The number of nitrogens with zero attached hydrogens (tertiary/aromatic N) is 1. The Morgan fingerprint density at radius 1 is 1.17 bits per heavy atom. The van der Waals surface area contributed by atoms with Crippen molar-refractivity contribution >= 4 is 17.6 Å². The van der Waals surface area contributed by atoms with E-state index in [0.717, 1.165) is 50.4 Å². The lowest BCUT2D eigenvalue weighted by Crippen LogP contribution is -2.49. The number of fused-ring (bicyclic) bond motifs is 1. The number of ether oxygens (including phenoxy) is 1. The first-order valence-corrected chi connectivity index (χ1v) is 8.23. The first-order valence-electron chi connectivity index (χ1n) is 8.23. The van der Waals surface area contributed by atoms with Gasteiger partial charge in [-0.25, -0.2) is 4.79 Å². The first kappa shape index (κ1) is 14.5. The van der Waals surface area contributed by atoms with E-state index in [1.807, 2.05) is 12.1 Å². The molecule has 6 heteroatoms. The van der Waals surface area contributed by atoms with Gasteiger partial charge in [0, 0.05) is 30.1 Å². The molecule has 0 unspecified atom stereocenters. The van der Waals surface area contributed by atoms with Gasteiger partial charge in [0.15, 0.2) is 0 Å². The maximum absolute atomic E-state index is 12.0. The summed E-state index contributed by atoms with van der Waals surface area (Å²) in [6.07, 6.45) is 3.66. The van der Waals surface area contributed by atoms with Crippen molar-refractivity contribution in [1.29, 1.82) is 0 Å². The van der Waals surface area contributed by atoms with Crippen LogP contribution in [-0.2, 0) is 11.2 Å². The van der Waals surface area contributed by atoms with Crippen molar-refractivity contribution in [2.75, 3.05) is 31.1 Å². The Kier molecular flexibility index (Phi) is 3.49. The molecule has 0 aromatic heterocycles. The van der Waals surface area contributed by atoms with Crippen LogP contribution in [0.25, 0.3) is 0 Å². The Morgan fingerprint density at radius 2 is 2.00 bits per heavy atom. The summed E-state index contributed by atoms with van der Waals surface area (Å²) < 4.78 is 6.05. The van der Waals surface area contributed by atoms with Gasteiger partial charge >= 0.3 is 6.03 Å². The molecule has 0 atom stereocenters. The maximum atomic E-state index is 12.0. The second kappa shape index (κ2) is 5.53. The molecular weight excluding hydrogens is 294 g/mol. The molecular formula is C17H21N3O3. The van der Waals surface area contributed by atoms with Gasteiger partial charge in [0.2, 0.25) is 5.91 Å². The molecule has 4 rings (SSSR count). The van der Waals surface area contributed by atoms with E-state index in [0.29, 0.717) is 13.0 Å². The third-order valence-corrected chi connectivity index (χ3v) is 5.18. The fourth-order valence-electron chi connectivity index (χ4n) is 3.77. The van der Waals surface area contributed by atoms with Crippen LogP contribution in [0.2, 0.25) is 0 Å². The predicted molar refractivity (Wildman–Crippen MR) is 85.7 cm³/mol. The highest BCUT2D eigenvalue weighted by atomic mass is 16.5. The topological polar surface area (TPSA) is 70.7 Å². The number of piperidine rings is 1. The van der Waals surface area contributed by atoms with Gasteiger partial charge < -0.3 is 10.1 Å². The number of carbonyl (C=O) groups excluding carboxylic acids is 2. The average molecular weight is 315 g/mol. The zero-order chi connectivity index (χ0) is 15.9. The summed E-state index contributed by atoms with van der Waals surface area (Å²) in [5.41, 5.74) is 2.26. The van der Waals surface area contributed by atoms with Crippen molar-refractivity contribution in [3.8, 4) is 5.75 Å². The lowest BCUT2D eigenvalue weighted by Gasteiger charge is -2.41. The molecule has 3 aliphatic heterocycles. The third kappa shape index (κ3) is 2.67. The highest BCUT2D eigenvalue weighted by Crippen LogP contribution is 2.41. The summed E-state index contributed by atoms with van der Waals surface area (Å²) in [7, 11) is 0. The molecule has 122 valence electrons. The first-order chi connectivity index (χ1) is 11.2. The maximum Gasteiger partial charge on any atom is 0.328 e. The monoisotopic (exact) mass is 315 g/mol. The molecule has 0 saturated carbocycles. The number of hydrogen-bond donors (Lipinski definition) is 2. The molecule has 2 fully saturated rings. The Hall–Kier alpha value is -2.08. The Labute approximate surface area is 135 Å². The van der Waals surface area contributed by atoms with Crippen molar-refractivity contribution < 1.29 is 14.3 Å². The largest absolute Gasteiger partial charge is 0.493 e. The fraction of sp³-hybridized carbons (Fsp3) is 0.529. The number of anilines is 1. The van der Waals surface area contributed by atoms with Gasteiger partial charge in [-0.3, -0.25) is 15.0 Å². The van der Waals surface area contributed by atoms with Crippen molar-refractivity contribution in [2.45, 2.75) is 25.7 Å². The molecule has 2 N–H and O–H groups in total. The van der Waals surface area contributed by atoms with Gasteiger partial charge in [0.25, 0.3) is 0 Å². The number of benzene rings is 1. The van der Waals surface area contributed by atoms with Crippen LogP contribution in [0.15, 0.2) is 18.2 Å². The second-order valence-corrected chi connectivity index (χ2v) is 6.76. The summed E-state index contributed by atoms with van der Waals surface area (Å²) in [6, 6.07) is 5.60. The number of carbonyl (C=O) groups is 2. The van der Waals surface area contributed by atoms with Gasteiger partial charge in [-0.15, -0.1) is 0 Å². The standard InChI is InChI=1S/C17H21N3O3/c21-15-3-8-20(16(22)19-15)13-2-1-12-10-17(4-6-18-7-5-17)11-23-14(12)9-13/h1-2,9,18H,3-8,10-11H2,(H,19,21,22). The summed E-state index contributed by atoms with van der Waals surface area (Å²) in [4.78, 5) is 24.8. The Balaban J connectivity index is 1.56. The van der Waals surface area contributed by atoms with Crippen LogP contribution >= 0.6 is 0 Å². The minimum absolute atomic E-state index is 0.215. The smallest absolute Gasteiger partial charge is 0.328 e. The third-order valence-electron chi connectivity index (χ3n) is 5.18. The van der Waals surface area contributed by atoms with E-state index >= 15 is 0 Å². The normalized spacial score (nSPS) is 23.2. The molecule has 3 aliphatic rings. The molecule has 0 radical (unpaired) electrons. The van der Waals surface area contributed by atoms with Crippen LogP contribution in [0.4, 0.5) is 10.5 Å². The van der Waals surface area contributed by atoms with Crippen molar-refractivity contribution in [1.82, 2.24) is 10.6 Å². The number of urea groups is 1. The zero-order valence-corrected chi connectivity index (χ0v) is 13.1. The number of nitrogens with one attached hydrogen (secondary N) is 2. The van der Waals surface area contributed by atoms with E-state index in [1.165, 1.54) is 5.56 Å².